The van der Waals surface area contributed by atoms with Gasteiger partial charge < -0.3 is 11.5 Å². The molecule has 0 spiro atoms. The Labute approximate surface area is 92.8 Å². The van der Waals surface area contributed by atoms with Crippen LogP contribution in [-0.2, 0) is 0 Å². The number of unbranched alkanes of at least 4 members (excludes halogenated alkanes) is 1. The summed E-state index contributed by atoms with van der Waals surface area (Å²) in [6, 6.07) is 0. The lowest BCUT2D eigenvalue weighted by atomic mass is 10.3. The van der Waals surface area contributed by atoms with Crippen molar-refractivity contribution in [3.05, 3.63) is 0 Å². The zero-order chi connectivity index (χ0) is 10.8. The van der Waals surface area contributed by atoms with Gasteiger partial charge in [0.05, 0.1) is 0 Å². The van der Waals surface area contributed by atoms with Gasteiger partial charge in [-0.05, 0) is 37.3 Å². The first-order valence-corrected chi connectivity index (χ1v) is 4.58. The van der Waals surface area contributed by atoms with Crippen LogP contribution in [0.5, 0.6) is 0 Å². The van der Waals surface area contributed by atoms with Gasteiger partial charge in [0.1, 0.15) is 0 Å². The third kappa shape index (κ3) is 10.7. The molecule has 0 heterocycles. The molecule has 0 aliphatic rings. The number of hydrazone groups is 2. The standard InChI is InChI=1S/C6H12N6S2/c7-5(13)11-9-3-1-2-4-10-12-6(8)14/h3-4H,1-2H2,(H3,7,11,13)(H3,8,12,14)/b9-3+,10-4+. The summed E-state index contributed by atoms with van der Waals surface area (Å²) >= 11 is 9.06. The Balaban J connectivity index is 3.37. The number of hydrogen-bond acceptors (Lipinski definition) is 4. The second kappa shape index (κ2) is 8.32. The van der Waals surface area contributed by atoms with Crippen molar-refractivity contribution in [3.63, 3.8) is 0 Å². The molecule has 8 heteroatoms. The Bertz CT molecular complexity index is 223. The van der Waals surface area contributed by atoms with Crippen LogP contribution in [0.15, 0.2) is 10.2 Å². The van der Waals surface area contributed by atoms with Crippen LogP contribution in [0.25, 0.3) is 0 Å². The quantitative estimate of drug-likeness (QED) is 0.219. The van der Waals surface area contributed by atoms with Gasteiger partial charge in [0.15, 0.2) is 10.2 Å². The van der Waals surface area contributed by atoms with Crippen molar-refractivity contribution < 1.29 is 0 Å². The Morgan fingerprint density at radius 3 is 1.64 bits per heavy atom. The fourth-order valence-corrected chi connectivity index (χ4v) is 0.602. The zero-order valence-electron chi connectivity index (χ0n) is 7.43. The van der Waals surface area contributed by atoms with Crippen LogP contribution in [0.2, 0.25) is 0 Å². The van der Waals surface area contributed by atoms with Gasteiger partial charge in [-0.3, -0.25) is 10.9 Å². The smallest absolute Gasteiger partial charge is 0.184 e. The minimum Gasteiger partial charge on any atom is -0.375 e. The predicted octanol–water partition coefficient (Wildman–Crippen LogP) is -0.595. The molecule has 0 bridgehead atoms. The molecule has 0 aromatic carbocycles. The minimum atomic E-state index is 0.144. The van der Waals surface area contributed by atoms with Crippen molar-refractivity contribution in [2.24, 2.45) is 21.7 Å². The van der Waals surface area contributed by atoms with Crippen molar-refractivity contribution in [3.8, 4) is 0 Å². The van der Waals surface area contributed by atoms with E-state index in [0.29, 0.717) is 0 Å². The number of nitrogens with two attached hydrogens (primary N) is 2. The Kier molecular flexibility index (Phi) is 7.56. The lowest BCUT2D eigenvalue weighted by Gasteiger charge is -1.93. The summed E-state index contributed by atoms with van der Waals surface area (Å²) in [5.74, 6) is 0. The van der Waals surface area contributed by atoms with Crippen LogP contribution >= 0.6 is 24.4 Å². The summed E-state index contributed by atoms with van der Waals surface area (Å²) in [5, 5.41) is 7.75. The second-order valence-corrected chi connectivity index (χ2v) is 3.03. The van der Waals surface area contributed by atoms with E-state index in [2.05, 4.69) is 45.5 Å². The molecule has 0 unspecified atom stereocenters. The molecule has 0 amide bonds. The predicted molar refractivity (Wildman–Crippen MR) is 66.1 cm³/mol. The highest BCUT2D eigenvalue weighted by atomic mass is 32.1. The number of nitrogens with one attached hydrogen (secondary N) is 2. The highest BCUT2D eigenvalue weighted by Crippen LogP contribution is 1.79. The van der Waals surface area contributed by atoms with Crippen molar-refractivity contribution in [2.75, 3.05) is 0 Å². The molecule has 0 radical (unpaired) electrons. The summed E-state index contributed by atoms with van der Waals surface area (Å²) in [6.45, 7) is 0. The molecule has 0 saturated heterocycles. The molecule has 0 aliphatic carbocycles. The Morgan fingerprint density at radius 1 is 1.00 bits per heavy atom. The molecule has 0 rings (SSSR count). The Hall–Kier alpha value is -1.28. The van der Waals surface area contributed by atoms with Gasteiger partial charge in [0, 0.05) is 12.4 Å². The summed E-state index contributed by atoms with van der Waals surface area (Å²) in [7, 11) is 0. The minimum absolute atomic E-state index is 0.144. The first-order chi connectivity index (χ1) is 6.63. The van der Waals surface area contributed by atoms with Crippen molar-refractivity contribution in [2.45, 2.75) is 12.8 Å². The normalized spacial score (nSPS) is 10.6. The maximum atomic E-state index is 5.13. The van der Waals surface area contributed by atoms with E-state index in [4.69, 9.17) is 11.5 Å². The van der Waals surface area contributed by atoms with Crippen molar-refractivity contribution >= 4 is 47.1 Å². The highest BCUT2D eigenvalue weighted by Gasteiger charge is 1.81. The summed E-state index contributed by atoms with van der Waals surface area (Å²) in [6.07, 6.45) is 4.73. The molecule has 0 aliphatic heterocycles. The number of thiocarbonyl (C=S) groups is 2. The highest BCUT2D eigenvalue weighted by molar-refractivity contribution is 7.80. The summed E-state index contributed by atoms with van der Waals surface area (Å²) in [4.78, 5) is 0. The molecule has 0 aromatic rings. The van der Waals surface area contributed by atoms with Gasteiger partial charge in [0.25, 0.3) is 0 Å². The third-order valence-corrected chi connectivity index (χ3v) is 1.14. The van der Waals surface area contributed by atoms with E-state index in [1.807, 2.05) is 0 Å². The molecular weight excluding hydrogens is 220 g/mol. The molecule has 6 N–H and O–H groups in total. The van der Waals surface area contributed by atoms with Crippen LogP contribution in [0.3, 0.4) is 0 Å². The van der Waals surface area contributed by atoms with E-state index in [1.54, 1.807) is 12.4 Å². The van der Waals surface area contributed by atoms with Gasteiger partial charge in [-0.15, -0.1) is 0 Å². The van der Waals surface area contributed by atoms with E-state index in [-0.39, 0.29) is 10.2 Å². The number of hydrogen-bond donors (Lipinski definition) is 4. The SMILES string of the molecule is NC(=S)N/N=C/CC/C=N/NC(N)=S. The molecule has 0 aromatic heterocycles. The van der Waals surface area contributed by atoms with E-state index in [9.17, 15) is 0 Å². The molecule has 14 heavy (non-hydrogen) atoms. The summed E-state index contributed by atoms with van der Waals surface area (Å²) in [5.41, 5.74) is 15.1. The third-order valence-electron chi connectivity index (χ3n) is 0.957. The van der Waals surface area contributed by atoms with E-state index in [0.717, 1.165) is 12.8 Å². The molecule has 0 saturated carbocycles. The van der Waals surface area contributed by atoms with Gasteiger partial charge in [0.2, 0.25) is 0 Å². The lowest BCUT2D eigenvalue weighted by Crippen LogP contribution is -2.24. The Morgan fingerprint density at radius 2 is 1.36 bits per heavy atom. The van der Waals surface area contributed by atoms with E-state index < -0.39 is 0 Å². The summed E-state index contributed by atoms with van der Waals surface area (Å²) < 4.78 is 0. The molecular formula is C6H12N6S2. The van der Waals surface area contributed by atoms with Crippen LogP contribution in [-0.4, -0.2) is 22.7 Å². The monoisotopic (exact) mass is 232 g/mol. The van der Waals surface area contributed by atoms with Crippen LogP contribution in [0.4, 0.5) is 0 Å². The van der Waals surface area contributed by atoms with E-state index in [1.165, 1.54) is 0 Å². The van der Waals surface area contributed by atoms with Gasteiger partial charge in [-0.2, -0.15) is 10.2 Å². The molecule has 0 fully saturated rings. The number of nitrogens with zero attached hydrogens (tertiary/aromatic N) is 2. The van der Waals surface area contributed by atoms with Crippen LogP contribution < -0.4 is 22.3 Å². The van der Waals surface area contributed by atoms with Gasteiger partial charge in [-0.25, -0.2) is 0 Å². The fraction of sp³-hybridized carbons (Fsp3) is 0.333. The molecule has 6 nitrogen and oxygen atoms in total. The zero-order valence-corrected chi connectivity index (χ0v) is 9.07. The maximum absolute atomic E-state index is 5.13. The molecule has 78 valence electrons. The average molecular weight is 232 g/mol. The van der Waals surface area contributed by atoms with Crippen molar-refractivity contribution in [1.29, 1.82) is 0 Å². The van der Waals surface area contributed by atoms with Crippen LogP contribution in [0.1, 0.15) is 12.8 Å². The maximum Gasteiger partial charge on any atom is 0.184 e. The first kappa shape index (κ1) is 12.7. The van der Waals surface area contributed by atoms with E-state index >= 15 is 0 Å². The van der Waals surface area contributed by atoms with Crippen LogP contribution in [0, 0.1) is 0 Å². The largest absolute Gasteiger partial charge is 0.375 e. The topological polar surface area (TPSA) is 101 Å². The van der Waals surface area contributed by atoms with Crippen molar-refractivity contribution in [1.82, 2.24) is 10.9 Å². The lowest BCUT2D eigenvalue weighted by molar-refractivity contribution is 1.00. The first-order valence-electron chi connectivity index (χ1n) is 3.77. The van der Waals surface area contributed by atoms with Gasteiger partial charge in [-0.1, -0.05) is 0 Å². The molecule has 0 atom stereocenters. The second-order valence-electron chi connectivity index (χ2n) is 2.15. The van der Waals surface area contributed by atoms with Gasteiger partial charge >= 0.3 is 0 Å². The fourth-order valence-electron chi connectivity index (χ4n) is 0.497. The number of rotatable bonds is 5. The average Bonchev–Trinajstić information content (AvgIpc) is 2.08.